The van der Waals surface area contributed by atoms with Crippen LogP contribution in [-0.2, 0) is 19.9 Å². The van der Waals surface area contributed by atoms with E-state index in [1.54, 1.807) is 6.33 Å². The molecule has 1 unspecified atom stereocenters. The molecule has 1 N–H and O–H groups in total. The van der Waals surface area contributed by atoms with Gasteiger partial charge in [-0.2, -0.15) is 0 Å². The molecule has 2 heterocycles. The zero-order valence-corrected chi connectivity index (χ0v) is 14.9. The number of rotatable bonds is 2. The maximum atomic E-state index is 13.0. The highest BCUT2D eigenvalue weighted by Crippen LogP contribution is 2.34. The van der Waals surface area contributed by atoms with E-state index in [9.17, 15) is 4.79 Å². The smallest absolute Gasteiger partial charge is 0.168 e. The number of aromatic nitrogens is 3. The molecule has 0 saturated carbocycles. The van der Waals surface area contributed by atoms with Gasteiger partial charge in [0.2, 0.25) is 0 Å². The number of benzene rings is 1. The molecule has 1 aromatic carbocycles. The van der Waals surface area contributed by atoms with E-state index < -0.39 is 0 Å². The van der Waals surface area contributed by atoms with Crippen LogP contribution in [0, 0.1) is 12.8 Å². The standard InChI is InChI=1S/C18H19N3O.C2H6/c1-11-14(20-10-19-11)9-12-7-8-16-17(18(12)22)13-5-3-4-6-15(13)21(16)2;1-2/h3-6,10,12H,7-9H2,1-2H3,(H,19,20);1-2H3. The van der Waals surface area contributed by atoms with E-state index in [2.05, 4.69) is 33.7 Å². The molecule has 4 rings (SSSR count). The first kappa shape index (κ1) is 16.5. The fraction of sp³-hybridized carbons (Fsp3) is 0.400. The van der Waals surface area contributed by atoms with E-state index in [1.807, 2.05) is 32.9 Å². The van der Waals surface area contributed by atoms with Gasteiger partial charge in [-0.3, -0.25) is 4.79 Å². The molecule has 3 aromatic rings. The Hall–Kier alpha value is -2.36. The van der Waals surface area contributed by atoms with Crippen molar-refractivity contribution in [1.82, 2.24) is 14.5 Å². The average Bonchev–Trinajstić information content (AvgIpc) is 3.15. The van der Waals surface area contributed by atoms with Crippen LogP contribution >= 0.6 is 0 Å². The number of carbonyl (C=O) groups is 1. The molecule has 0 amide bonds. The highest BCUT2D eigenvalue weighted by Gasteiger charge is 2.32. The Kier molecular flexibility index (Phi) is 4.56. The van der Waals surface area contributed by atoms with Crippen molar-refractivity contribution in [2.24, 2.45) is 13.0 Å². The molecule has 0 fully saturated rings. The average molecular weight is 323 g/mol. The number of hydrogen-bond acceptors (Lipinski definition) is 2. The summed E-state index contributed by atoms with van der Waals surface area (Å²) in [6.45, 7) is 6.01. The van der Waals surface area contributed by atoms with Crippen LogP contribution in [-0.4, -0.2) is 20.3 Å². The van der Waals surface area contributed by atoms with Gasteiger partial charge in [-0.05, 0) is 25.8 Å². The van der Waals surface area contributed by atoms with Gasteiger partial charge in [-0.15, -0.1) is 0 Å². The second kappa shape index (κ2) is 6.63. The first-order chi connectivity index (χ1) is 11.7. The molecule has 126 valence electrons. The zero-order valence-electron chi connectivity index (χ0n) is 14.9. The van der Waals surface area contributed by atoms with E-state index >= 15 is 0 Å². The predicted octanol–water partition coefficient (Wildman–Crippen LogP) is 4.22. The first-order valence-corrected chi connectivity index (χ1v) is 8.76. The Bertz CT molecular complexity index is 872. The van der Waals surface area contributed by atoms with Crippen LogP contribution < -0.4 is 0 Å². The quantitative estimate of drug-likeness (QED) is 0.767. The fourth-order valence-electron chi connectivity index (χ4n) is 3.68. The van der Waals surface area contributed by atoms with Gasteiger partial charge in [0.1, 0.15) is 0 Å². The lowest BCUT2D eigenvalue weighted by Gasteiger charge is -2.21. The second-order valence-corrected chi connectivity index (χ2v) is 6.18. The first-order valence-electron chi connectivity index (χ1n) is 8.76. The minimum atomic E-state index is 0.0420. The SMILES string of the molecule is CC.Cc1[nH]cnc1CC1CCc2c(c3ccccc3n2C)C1=O. The maximum Gasteiger partial charge on any atom is 0.168 e. The highest BCUT2D eigenvalue weighted by molar-refractivity contribution is 6.11. The summed E-state index contributed by atoms with van der Waals surface area (Å²) < 4.78 is 2.18. The fourth-order valence-corrected chi connectivity index (χ4v) is 3.68. The van der Waals surface area contributed by atoms with Crippen LogP contribution in [0.5, 0.6) is 0 Å². The maximum absolute atomic E-state index is 13.0. The highest BCUT2D eigenvalue weighted by atomic mass is 16.1. The minimum absolute atomic E-state index is 0.0420. The number of H-pyrrole nitrogens is 1. The van der Waals surface area contributed by atoms with Gasteiger partial charge in [0.25, 0.3) is 0 Å². The molecule has 0 bridgehead atoms. The van der Waals surface area contributed by atoms with Crippen LogP contribution in [0.2, 0.25) is 0 Å². The number of hydrogen-bond donors (Lipinski definition) is 1. The van der Waals surface area contributed by atoms with E-state index in [0.717, 1.165) is 47.1 Å². The third-order valence-corrected chi connectivity index (χ3v) is 4.95. The van der Waals surface area contributed by atoms with Crippen molar-refractivity contribution in [3.05, 3.63) is 53.2 Å². The minimum Gasteiger partial charge on any atom is -0.348 e. The van der Waals surface area contributed by atoms with Crippen LogP contribution in [0.4, 0.5) is 0 Å². The zero-order chi connectivity index (χ0) is 17.3. The molecule has 0 aliphatic heterocycles. The van der Waals surface area contributed by atoms with E-state index in [4.69, 9.17) is 0 Å². The monoisotopic (exact) mass is 323 g/mol. The van der Waals surface area contributed by atoms with Gasteiger partial charge >= 0.3 is 0 Å². The van der Waals surface area contributed by atoms with Crippen LogP contribution in [0.1, 0.15) is 47.7 Å². The van der Waals surface area contributed by atoms with Gasteiger partial charge in [-0.25, -0.2) is 4.98 Å². The summed E-state index contributed by atoms with van der Waals surface area (Å²) in [6.07, 6.45) is 4.31. The molecule has 4 nitrogen and oxygen atoms in total. The van der Waals surface area contributed by atoms with Crippen molar-refractivity contribution in [2.45, 2.75) is 40.0 Å². The summed E-state index contributed by atoms with van der Waals surface area (Å²) in [5, 5.41) is 1.09. The van der Waals surface area contributed by atoms with Crippen molar-refractivity contribution in [3.8, 4) is 0 Å². The van der Waals surface area contributed by atoms with Crippen molar-refractivity contribution in [3.63, 3.8) is 0 Å². The molecule has 2 aromatic heterocycles. The summed E-state index contributed by atoms with van der Waals surface area (Å²) in [6, 6.07) is 8.20. The predicted molar refractivity (Wildman–Crippen MR) is 97.4 cm³/mol. The molecule has 0 spiro atoms. The topological polar surface area (TPSA) is 50.7 Å². The van der Waals surface area contributed by atoms with Gasteiger partial charge in [0.15, 0.2) is 5.78 Å². The Morgan fingerprint density at radius 1 is 1.29 bits per heavy atom. The number of nitrogens with one attached hydrogen (secondary N) is 1. The molecule has 24 heavy (non-hydrogen) atoms. The van der Waals surface area contributed by atoms with Crippen LogP contribution in [0.3, 0.4) is 0 Å². The molecular formula is C20H25N3O. The molecule has 1 aliphatic carbocycles. The number of nitrogens with zero attached hydrogens (tertiary/aromatic N) is 2. The van der Waals surface area contributed by atoms with Gasteiger partial charge in [0.05, 0.1) is 12.0 Å². The summed E-state index contributed by atoms with van der Waals surface area (Å²) >= 11 is 0. The molecule has 1 atom stereocenters. The molecule has 1 aliphatic rings. The van der Waals surface area contributed by atoms with Crippen molar-refractivity contribution in [1.29, 1.82) is 0 Å². The van der Waals surface area contributed by atoms with Crippen molar-refractivity contribution in [2.75, 3.05) is 0 Å². The number of aromatic amines is 1. The second-order valence-electron chi connectivity index (χ2n) is 6.18. The Morgan fingerprint density at radius 2 is 2.04 bits per heavy atom. The van der Waals surface area contributed by atoms with E-state index in [0.29, 0.717) is 0 Å². The number of para-hydroxylation sites is 1. The molecule has 0 radical (unpaired) electrons. The van der Waals surface area contributed by atoms with Crippen LogP contribution in [0.15, 0.2) is 30.6 Å². The Balaban J connectivity index is 0.000000815. The largest absolute Gasteiger partial charge is 0.348 e. The van der Waals surface area contributed by atoms with E-state index in [-0.39, 0.29) is 11.7 Å². The lowest BCUT2D eigenvalue weighted by atomic mass is 9.82. The van der Waals surface area contributed by atoms with Crippen molar-refractivity contribution < 1.29 is 4.79 Å². The number of aryl methyl sites for hydroxylation is 2. The van der Waals surface area contributed by atoms with Gasteiger partial charge in [0, 0.05) is 47.2 Å². The van der Waals surface area contributed by atoms with Crippen LogP contribution in [0.25, 0.3) is 10.9 Å². The number of imidazole rings is 1. The third kappa shape index (κ3) is 2.56. The normalized spacial score (nSPS) is 16.7. The summed E-state index contributed by atoms with van der Waals surface area (Å²) in [4.78, 5) is 20.5. The van der Waals surface area contributed by atoms with Gasteiger partial charge < -0.3 is 9.55 Å². The third-order valence-electron chi connectivity index (χ3n) is 4.95. The lowest BCUT2D eigenvalue weighted by molar-refractivity contribution is 0.0901. The van der Waals surface area contributed by atoms with E-state index in [1.165, 1.54) is 5.69 Å². The van der Waals surface area contributed by atoms with Crippen molar-refractivity contribution >= 4 is 16.7 Å². The summed E-state index contributed by atoms with van der Waals surface area (Å²) in [5.74, 6) is 0.320. The number of carbonyl (C=O) groups excluding carboxylic acids is 1. The number of ketones is 1. The summed E-state index contributed by atoms with van der Waals surface area (Å²) in [7, 11) is 2.06. The summed E-state index contributed by atoms with van der Waals surface area (Å²) in [5.41, 5.74) is 5.35. The number of Topliss-reactive ketones (excluding diaryl/α,β-unsaturated/α-hetero) is 1. The lowest BCUT2D eigenvalue weighted by Crippen LogP contribution is -2.25. The Morgan fingerprint density at radius 3 is 2.75 bits per heavy atom. The number of fused-ring (bicyclic) bond motifs is 3. The Labute approximate surface area is 142 Å². The van der Waals surface area contributed by atoms with Gasteiger partial charge in [-0.1, -0.05) is 32.0 Å². The molecule has 0 saturated heterocycles. The molecular weight excluding hydrogens is 298 g/mol. The molecule has 4 heteroatoms.